The summed E-state index contributed by atoms with van der Waals surface area (Å²) >= 11 is 0. The topological polar surface area (TPSA) is 30.5 Å². The summed E-state index contributed by atoms with van der Waals surface area (Å²) in [5.41, 5.74) is 0. The zero-order chi connectivity index (χ0) is 14.0. The molecule has 0 atom stereocenters. The average Bonchev–Trinajstić information content (AvgIpc) is 2.46. The van der Waals surface area contributed by atoms with Crippen molar-refractivity contribution in [1.29, 1.82) is 0 Å². The summed E-state index contributed by atoms with van der Waals surface area (Å²) in [4.78, 5) is 0. The Morgan fingerprint density at radius 1 is 0.950 bits per heavy atom. The van der Waals surface area contributed by atoms with Crippen LogP contribution in [0.25, 0.3) is 0 Å². The fraction of sp³-hybridized carbons (Fsp3) is 0.647. The summed E-state index contributed by atoms with van der Waals surface area (Å²) in [6.07, 6.45) is 9.62. The van der Waals surface area contributed by atoms with Crippen LogP contribution in [0.5, 0.6) is 11.5 Å². The highest BCUT2D eigenvalue weighted by Gasteiger charge is 2.10. The van der Waals surface area contributed by atoms with Gasteiger partial charge in [-0.3, -0.25) is 0 Å². The van der Waals surface area contributed by atoms with Crippen molar-refractivity contribution < 1.29 is 9.47 Å². The molecule has 1 aromatic carbocycles. The summed E-state index contributed by atoms with van der Waals surface area (Å²) in [6.45, 7) is 1.65. The Kier molecular flexibility index (Phi) is 6.72. The minimum absolute atomic E-state index is 0.690. The number of hydrogen-bond donors (Lipinski definition) is 1. The van der Waals surface area contributed by atoms with E-state index in [9.17, 15) is 0 Å². The molecule has 0 heterocycles. The zero-order valence-corrected chi connectivity index (χ0v) is 12.6. The van der Waals surface area contributed by atoms with Gasteiger partial charge in [0.1, 0.15) is 18.1 Å². The molecule has 0 bridgehead atoms. The third kappa shape index (κ3) is 5.41. The molecule has 1 aliphatic rings. The minimum atomic E-state index is 0.690. The number of ether oxygens (including phenoxy) is 2. The predicted molar refractivity (Wildman–Crippen MR) is 82.6 cm³/mol. The van der Waals surface area contributed by atoms with Crippen LogP contribution < -0.4 is 14.8 Å². The highest BCUT2D eigenvalue weighted by atomic mass is 16.5. The molecule has 0 aliphatic heterocycles. The molecule has 1 aliphatic carbocycles. The van der Waals surface area contributed by atoms with Gasteiger partial charge in [0.2, 0.25) is 0 Å². The van der Waals surface area contributed by atoms with Crippen molar-refractivity contribution in [2.75, 3.05) is 20.3 Å². The molecule has 1 saturated carbocycles. The van der Waals surface area contributed by atoms with Crippen molar-refractivity contribution >= 4 is 0 Å². The largest absolute Gasteiger partial charge is 0.497 e. The van der Waals surface area contributed by atoms with E-state index in [0.717, 1.165) is 24.7 Å². The second kappa shape index (κ2) is 8.85. The van der Waals surface area contributed by atoms with Gasteiger partial charge in [0.05, 0.1) is 7.11 Å². The maximum absolute atomic E-state index is 5.73. The number of hydrogen-bond acceptors (Lipinski definition) is 3. The Bertz CT molecular complexity index is 356. The van der Waals surface area contributed by atoms with Crippen LogP contribution >= 0.6 is 0 Å². The molecule has 3 heteroatoms. The van der Waals surface area contributed by atoms with E-state index in [0.29, 0.717) is 6.04 Å². The van der Waals surface area contributed by atoms with Crippen molar-refractivity contribution in [2.45, 2.75) is 51.0 Å². The summed E-state index contributed by atoms with van der Waals surface area (Å²) < 4.78 is 10.9. The highest BCUT2D eigenvalue weighted by molar-refractivity contribution is 5.31. The van der Waals surface area contributed by atoms with Gasteiger partial charge in [-0.15, -0.1) is 0 Å². The molecule has 0 radical (unpaired) electrons. The molecule has 2 rings (SSSR count). The van der Waals surface area contributed by atoms with Gasteiger partial charge >= 0.3 is 0 Å². The van der Waals surface area contributed by atoms with Gasteiger partial charge in [-0.1, -0.05) is 32.1 Å². The summed E-state index contributed by atoms with van der Waals surface area (Å²) in [6, 6.07) is 8.45. The molecule has 0 saturated heterocycles. The van der Waals surface area contributed by atoms with Gasteiger partial charge in [0, 0.05) is 12.6 Å². The van der Waals surface area contributed by atoms with E-state index in [1.165, 1.54) is 44.9 Å². The van der Waals surface area contributed by atoms with Gasteiger partial charge < -0.3 is 14.8 Å². The summed E-state index contributed by atoms with van der Waals surface area (Å²) in [5, 5.41) is 3.63. The molecule has 0 amide bonds. The lowest BCUT2D eigenvalue weighted by Gasteiger charge is -2.21. The van der Waals surface area contributed by atoms with Crippen LogP contribution in [0, 0.1) is 0 Å². The third-order valence-electron chi connectivity index (χ3n) is 3.97. The molecule has 112 valence electrons. The summed E-state index contributed by atoms with van der Waals surface area (Å²) in [7, 11) is 1.68. The molecular weight excluding hydrogens is 250 g/mol. The van der Waals surface area contributed by atoms with Crippen LogP contribution in [0.4, 0.5) is 0 Å². The lowest BCUT2D eigenvalue weighted by Crippen LogP contribution is -2.33. The quantitative estimate of drug-likeness (QED) is 0.803. The van der Waals surface area contributed by atoms with Crippen LogP contribution in [0.2, 0.25) is 0 Å². The van der Waals surface area contributed by atoms with Gasteiger partial charge in [0.15, 0.2) is 0 Å². The second-order valence-corrected chi connectivity index (χ2v) is 5.52. The Hall–Kier alpha value is -1.22. The van der Waals surface area contributed by atoms with Crippen molar-refractivity contribution in [2.24, 2.45) is 0 Å². The Morgan fingerprint density at radius 2 is 1.55 bits per heavy atom. The average molecular weight is 277 g/mol. The minimum Gasteiger partial charge on any atom is -0.497 e. The third-order valence-corrected chi connectivity index (χ3v) is 3.97. The maximum atomic E-state index is 5.73. The van der Waals surface area contributed by atoms with Crippen molar-refractivity contribution in [3.05, 3.63) is 24.3 Å². The van der Waals surface area contributed by atoms with E-state index in [-0.39, 0.29) is 0 Å². The molecule has 0 aromatic heterocycles. The summed E-state index contributed by atoms with van der Waals surface area (Å²) in [5.74, 6) is 1.77. The van der Waals surface area contributed by atoms with Gasteiger partial charge in [0.25, 0.3) is 0 Å². The maximum Gasteiger partial charge on any atom is 0.119 e. The monoisotopic (exact) mass is 277 g/mol. The molecule has 1 aromatic rings. The fourth-order valence-corrected chi connectivity index (χ4v) is 2.76. The first-order valence-corrected chi connectivity index (χ1v) is 7.89. The first kappa shape index (κ1) is 15.2. The molecular formula is C17H27NO2. The number of rotatable bonds is 6. The molecule has 20 heavy (non-hydrogen) atoms. The van der Waals surface area contributed by atoms with Crippen LogP contribution in [0.1, 0.15) is 44.9 Å². The highest BCUT2D eigenvalue weighted by Crippen LogP contribution is 2.18. The second-order valence-electron chi connectivity index (χ2n) is 5.52. The molecule has 0 unspecified atom stereocenters. The fourth-order valence-electron chi connectivity index (χ4n) is 2.76. The molecule has 1 N–H and O–H groups in total. The first-order valence-electron chi connectivity index (χ1n) is 7.89. The van der Waals surface area contributed by atoms with Crippen LogP contribution in [0.3, 0.4) is 0 Å². The zero-order valence-electron chi connectivity index (χ0n) is 12.6. The molecule has 1 fully saturated rings. The van der Waals surface area contributed by atoms with E-state index < -0.39 is 0 Å². The Balaban J connectivity index is 1.62. The number of nitrogens with one attached hydrogen (secondary N) is 1. The lowest BCUT2D eigenvalue weighted by molar-refractivity contribution is 0.293. The van der Waals surface area contributed by atoms with Crippen LogP contribution in [0.15, 0.2) is 24.3 Å². The smallest absolute Gasteiger partial charge is 0.119 e. The van der Waals surface area contributed by atoms with Gasteiger partial charge in [-0.05, 0) is 37.1 Å². The van der Waals surface area contributed by atoms with Crippen molar-refractivity contribution in [1.82, 2.24) is 5.32 Å². The Morgan fingerprint density at radius 3 is 2.20 bits per heavy atom. The van der Waals surface area contributed by atoms with Crippen LogP contribution in [-0.4, -0.2) is 26.3 Å². The number of methoxy groups -OCH3 is 1. The van der Waals surface area contributed by atoms with E-state index in [1.807, 2.05) is 24.3 Å². The standard InChI is InChI=1S/C17H27NO2/c1-19-16-9-11-17(12-10-16)20-14-13-18-15-7-5-3-2-4-6-8-15/h9-12,15,18H,2-8,13-14H2,1H3. The van der Waals surface area contributed by atoms with E-state index in [1.54, 1.807) is 7.11 Å². The van der Waals surface area contributed by atoms with Crippen LogP contribution in [-0.2, 0) is 0 Å². The SMILES string of the molecule is COc1ccc(OCCNC2CCCCCCC2)cc1. The van der Waals surface area contributed by atoms with E-state index >= 15 is 0 Å². The van der Waals surface area contributed by atoms with Crippen molar-refractivity contribution in [3.63, 3.8) is 0 Å². The lowest BCUT2D eigenvalue weighted by atomic mass is 9.97. The number of benzene rings is 1. The van der Waals surface area contributed by atoms with Crippen molar-refractivity contribution in [3.8, 4) is 11.5 Å². The van der Waals surface area contributed by atoms with E-state index in [2.05, 4.69) is 5.32 Å². The van der Waals surface area contributed by atoms with Gasteiger partial charge in [-0.2, -0.15) is 0 Å². The molecule has 0 spiro atoms. The Labute approximate surface area is 122 Å². The predicted octanol–water partition coefficient (Wildman–Crippen LogP) is 3.78. The van der Waals surface area contributed by atoms with E-state index in [4.69, 9.17) is 9.47 Å². The van der Waals surface area contributed by atoms with Gasteiger partial charge in [-0.25, -0.2) is 0 Å². The molecule has 3 nitrogen and oxygen atoms in total. The normalized spacial score (nSPS) is 17.2. The first-order chi connectivity index (χ1) is 9.88.